The molecule has 4 atom stereocenters. The molecule has 2 heterocycles. The lowest BCUT2D eigenvalue weighted by molar-refractivity contribution is -0.137. The molecule has 26 heavy (non-hydrogen) atoms. The van der Waals surface area contributed by atoms with Crippen molar-refractivity contribution in [3.05, 3.63) is 17.3 Å². The van der Waals surface area contributed by atoms with Gasteiger partial charge in [-0.1, -0.05) is 46.0 Å². The maximum Gasteiger partial charge on any atom is 0.250 e. The quantitative estimate of drug-likeness (QED) is 0.842. The van der Waals surface area contributed by atoms with E-state index in [4.69, 9.17) is 0 Å². The Kier molecular flexibility index (Phi) is 4.56. The van der Waals surface area contributed by atoms with E-state index < -0.39 is 26.6 Å². The molecule has 1 saturated carbocycles. The van der Waals surface area contributed by atoms with Crippen molar-refractivity contribution in [2.24, 2.45) is 22.7 Å². The third-order valence-electron chi connectivity index (χ3n) is 6.03. The molecule has 1 aromatic rings. The number of fused-ring (bicyclic) bond motifs is 1. The molecule has 3 rings (SSSR count). The summed E-state index contributed by atoms with van der Waals surface area (Å²) in [7, 11) is -3.96. The van der Waals surface area contributed by atoms with Gasteiger partial charge in [-0.25, -0.2) is 8.42 Å². The highest BCUT2D eigenvalue weighted by Gasteiger charge is 2.66. The van der Waals surface area contributed by atoms with Crippen LogP contribution in [0.25, 0.3) is 0 Å². The third kappa shape index (κ3) is 3.20. The zero-order valence-corrected chi connectivity index (χ0v) is 17.7. The number of hydrogen-bond acceptors (Lipinski definition) is 4. The fourth-order valence-electron chi connectivity index (χ4n) is 4.37. The molecule has 2 aliphatic rings. The van der Waals surface area contributed by atoms with Crippen molar-refractivity contribution in [1.82, 2.24) is 9.62 Å². The summed E-state index contributed by atoms with van der Waals surface area (Å²) in [4.78, 5) is 15.0. The number of piperidine rings is 1. The molecule has 0 radical (unpaired) electrons. The van der Waals surface area contributed by atoms with Crippen molar-refractivity contribution >= 4 is 27.3 Å². The first kappa shape index (κ1) is 19.8. The number of likely N-dealkylation sites (tertiary alicyclic amines) is 1. The molecule has 0 aromatic carbocycles. The Morgan fingerprint density at radius 2 is 2.00 bits per heavy atom. The number of amides is 1. The molecule has 1 unspecified atom stereocenters. The first-order valence-corrected chi connectivity index (χ1v) is 11.1. The normalized spacial score (nSPS) is 28.7. The Morgan fingerprint density at radius 3 is 2.42 bits per heavy atom. The average Bonchev–Trinajstić information content (AvgIpc) is 2.86. The highest BCUT2D eigenvalue weighted by molar-refractivity contribution is 7.91. The van der Waals surface area contributed by atoms with Gasteiger partial charge in [0.15, 0.2) is 5.13 Å². The van der Waals surface area contributed by atoms with Crippen LogP contribution in [0.4, 0.5) is 4.39 Å². The number of carbonyl (C=O) groups is 1. The van der Waals surface area contributed by atoms with E-state index in [-0.39, 0.29) is 21.6 Å². The van der Waals surface area contributed by atoms with Crippen LogP contribution in [0.5, 0.6) is 0 Å². The van der Waals surface area contributed by atoms with Gasteiger partial charge >= 0.3 is 0 Å². The number of hydrogen-bond donors (Lipinski definition) is 1. The molecule has 2 fully saturated rings. The first-order valence-electron chi connectivity index (χ1n) is 8.85. The van der Waals surface area contributed by atoms with E-state index in [1.165, 1.54) is 6.07 Å². The van der Waals surface area contributed by atoms with Gasteiger partial charge in [0.25, 0.3) is 10.0 Å². The molecule has 5 nitrogen and oxygen atoms in total. The summed E-state index contributed by atoms with van der Waals surface area (Å²) >= 11 is 0.557. The minimum atomic E-state index is -3.96. The van der Waals surface area contributed by atoms with Crippen molar-refractivity contribution in [1.29, 1.82) is 0 Å². The van der Waals surface area contributed by atoms with Gasteiger partial charge in [0.2, 0.25) is 5.91 Å². The number of sulfonamides is 1. The lowest BCUT2D eigenvalue weighted by Crippen LogP contribution is -2.56. The van der Waals surface area contributed by atoms with Gasteiger partial charge in [0, 0.05) is 12.6 Å². The highest BCUT2D eigenvalue weighted by atomic mass is 32.2. The first-order chi connectivity index (χ1) is 11.8. The Morgan fingerprint density at radius 1 is 1.38 bits per heavy atom. The second-order valence-corrected chi connectivity index (χ2v) is 12.1. The predicted octanol–water partition coefficient (Wildman–Crippen LogP) is 3.08. The van der Waals surface area contributed by atoms with E-state index in [9.17, 15) is 17.6 Å². The van der Waals surface area contributed by atoms with Gasteiger partial charge in [-0.05, 0) is 41.7 Å². The van der Waals surface area contributed by atoms with Crippen LogP contribution in [0.1, 0.15) is 41.5 Å². The largest absolute Gasteiger partial charge is 0.338 e. The fourth-order valence-corrected chi connectivity index (χ4v) is 6.79. The van der Waals surface area contributed by atoms with E-state index in [2.05, 4.69) is 18.6 Å². The summed E-state index contributed by atoms with van der Waals surface area (Å²) in [5, 5.41) is -0.570. The van der Waals surface area contributed by atoms with Crippen molar-refractivity contribution in [2.45, 2.75) is 57.8 Å². The van der Waals surface area contributed by atoms with E-state index in [1.807, 2.05) is 32.6 Å². The van der Waals surface area contributed by atoms with Gasteiger partial charge in [-0.15, -0.1) is 0 Å². The molecule has 146 valence electrons. The van der Waals surface area contributed by atoms with Crippen LogP contribution in [0.3, 0.4) is 0 Å². The second kappa shape index (κ2) is 6.01. The number of nitrogens with one attached hydrogen (secondary N) is 1. The number of nitrogens with zero attached hydrogens (tertiary/aromatic N) is 1. The zero-order valence-electron chi connectivity index (χ0n) is 16.0. The van der Waals surface area contributed by atoms with Crippen LogP contribution in [-0.2, 0) is 14.8 Å². The van der Waals surface area contributed by atoms with Gasteiger partial charge in [-0.3, -0.25) is 4.79 Å². The predicted molar refractivity (Wildman–Crippen MR) is 99.8 cm³/mol. The summed E-state index contributed by atoms with van der Waals surface area (Å²) in [6, 6.07) is 1.53. The number of halogens is 1. The van der Waals surface area contributed by atoms with Crippen LogP contribution in [0.2, 0.25) is 0 Å². The average molecular weight is 403 g/mol. The standard InChI is InChI=1S/C18H27FN2O3S2/c1-10-14-11(18(14,5)6)9-21(10)16(22)15(17(2,3)4)20-26(23,24)13-8-7-12(19)25-13/h7-8,10-11,14-15,20H,9H2,1-6H3/t10-,11?,14-,15-/m1/s1. The minimum Gasteiger partial charge on any atom is -0.338 e. The number of rotatable bonds is 4. The summed E-state index contributed by atoms with van der Waals surface area (Å²) in [5.41, 5.74) is -0.358. The van der Waals surface area contributed by atoms with Gasteiger partial charge < -0.3 is 4.90 Å². The Balaban J connectivity index is 1.83. The molecule has 1 saturated heterocycles. The zero-order chi connectivity index (χ0) is 19.7. The number of thiophene rings is 1. The van der Waals surface area contributed by atoms with Gasteiger partial charge in [0.05, 0.1) is 0 Å². The Bertz CT molecular complexity index is 826. The molecule has 1 aliphatic carbocycles. The molecular weight excluding hydrogens is 375 g/mol. The number of carbonyl (C=O) groups excluding carboxylic acids is 1. The Labute approximate surface area is 159 Å². The van der Waals surface area contributed by atoms with Crippen LogP contribution in [-0.4, -0.2) is 37.9 Å². The van der Waals surface area contributed by atoms with Crippen LogP contribution in [0, 0.1) is 27.8 Å². The van der Waals surface area contributed by atoms with Crippen LogP contribution < -0.4 is 4.72 Å². The lowest BCUT2D eigenvalue weighted by Gasteiger charge is -2.36. The van der Waals surface area contributed by atoms with Crippen molar-refractivity contribution in [2.75, 3.05) is 6.54 Å². The molecule has 1 amide bonds. The smallest absolute Gasteiger partial charge is 0.250 e. The van der Waals surface area contributed by atoms with Crippen molar-refractivity contribution in [3.8, 4) is 0 Å². The van der Waals surface area contributed by atoms with E-state index in [1.54, 1.807) is 0 Å². The summed E-state index contributed by atoms with van der Waals surface area (Å²) in [6.07, 6.45) is 0. The molecule has 0 bridgehead atoms. The summed E-state index contributed by atoms with van der Waals surface area (Å²) < 4.78 is 41.0. The maximum absolute atomic E-state index is 13.3. The van der Waals surface area contributed by atoms with E-state index in [0.29, 0.717) is 29.7 Å². The lowest BCUT2D eigenvalue weighted by atomic mass is 9.86. The molecule has 8 heteroatoms. The second-order valence-electron chi connectivity index (χ2n) is 9.16. The van der Waals surface area contributed by atoms with E-state index >= 15 is 0 Å². The fraction of sp³-hybridized carbons (Fsp3) is 0.722. The van der Waals surface area contributed by atoms with E-state index in [0.717, 1.165) is 6.07 Å². The van der Waals surface area contributed by atoms with Crippen molar-refractivity contribution < 1.29 is 17.6 Å². The van der Waals surface area contributed by atoms with Crippen LogP contribution >= 0.6 is 11.3 Å². The molecular formula is C18H27FN2O3S2. The van der Waals surface area contributed by atoms with Gasteiger partial charge in [-0.2, -0.15) is 9.11 Å². The molecule has 0 spiro atoms. The Hall–Kier alpha value is -0.990. The topological polar surface area (TPSA) is 66.5 Å². The maximum atomic E-state index is 13.3. The molecule has 1 aromatic heterocycles. The third-order valence-corrected chi connectivity index (χ3v) is 8.81. The van der Waals surface area contributed by atoms with Gasteiger partial charge in [0.1, 0.15) is 10.3 Å². The monoisotopic (exact) mass is 402 g/mol. The van der Waals surface area contributed by atoms with Crippen LogP contribution in [0.15, 0.2) is 16.3 Å². The SMILES string of the molecule is C[C@@H]1[C@@H]2C(CN1C(=O)[C@@H](NS(=O)(=O)c1ccc(F)s1)C(C)(C)C)C2(C)C. The summed E-state index contributed by atoms with van der Waals surface area (Å²) in [6.45, 7) is 12.6. The molecule has 1 N–H and O–H groups in total. The minimum absolute atomic E-state index is 0.0936. The summed E-state index contributed by atoms with van der Waals surface area (Å²) in [5.74, 6) is 0.744. The highest BCUT2D eigenvalue weighted by Crippen LogP contribution is 2.64. The molecule has 1 aliphatic heterocycles. The van der Waals surface area contributed by atoms with Crippen molar-refractivity contribution in [3.63, 3.8) is 0 Å².